The molecule has 4 nitrogen and oxygen atoms in total. The molecule has 28 heavy (non-hydrogen) atoms. The first kappa shape index (κ1) is 16.3. The van der Waals surface area contributed by atoms with E-state index in [0.717, 1.165) is 33.5 Å². The summed E-state index contributed by atoms with van der Waals surface area (Å²) in [5.74, 6) is 0. The van der Waals surface area contributed by atoms with Crippen LogP contribution in [0.25, 0.3) is 21.8 Å². The highest BCUT2D eigenvalue weighted by Gasteiger charge is 2.01. The molecule has 0 saturated heterocycles. The maximum atomic E-state index is 4.63. The molecule has 0 atom stereocenters. The van der Waals surface area contributed by atoms with Gasteiger partial charge in [-0.05, 0) is 30.3 Å². The smallest absolute Gasteiger partial charge is 0.0651 e. The Labute approximate surface area is 162 Å². The zero-order chi connectivity index (χ0) is 18.8. The van der Waals surface area contributed by atoms with Crippen LogP contribution >= 0.6 is 0 Å². The van der Waals surface area contributed by atoms with Gasteiger partial charge in [-0.15, -0.1) is 0 Å². The Morgan fingerprint density at radius 3 is 1.61 bits per heavy atom. The molecular formula is C24H18N4. The van der Waals surface area contributed by atoms with E-state index in [2.05, 4.69) is 44.2 Å². The Balaban J connectivity index is 1.40. The van der Waals surface area contributed by atoms with Crippen LogP contribution in [0.1, 0.15) is 11.1 Å². The van der Waals surface area contributed by atoms with Crippen molar-refractivity contribution in [3.8, 4) is 0 Å². The average Bonchev–Trinajstić information content (AvgIpc) is 3.35. The Kier molecular flexibility index (Phi) is 4.07. The zero-order valence-corrected chi connectivity index (χ0v) is 15.1. The van der Waals surface area contributed by atoms with Gasteiger partial charge in [-0.25, -0.2) is 0 Å². The van der Waals surface area contributed by atoms with E-state index in [1.807, 2.05) is 73.4 Å². The van der Waals surface area contributed by atoms with Crippen molar-refractivity contribution in [3.05, 3.63) is 96.3 Å². The number of aromatic nitrogens is 2. The van der Waals surface area contributed by atoms with E-state index in [1.54, 1.807) is 0 Å². The van der Waals surface area contributed by atoms with E-state index < -0.39 is 0 Å². The maximum Gasteiger partial charge on any atom is 0.0651 e. The summed E-state index contributed by atoms with van der Waals surface area (Å²) in [4.78, 5) is 15.8. The second-order valence-electron chi connectivity index (χ2n) is 6.62. The van der Waals surface area contributed by atoms with Crippen LogP contribution in [0.3, 0.4) is 0 Å². The van der Waals surface area contributed by atoms with E-state index in [4.69, 9.17) is 0 Å². The van der Waals surface area contributed by atoms with Gasteiger partial charge >= 0.3 is 0 Å². The van der Waals surface area contributed by atoms with Gasteiger partial charge in [0.25, 0.3) is 0 Å². The lowest BCUT2D eigenvalue weighted by Crippen LogP contribution is -1.78. The summed E-state index contributed by atoms with van der Waals surface area (Å²) in [6.45, 7) is 0. The molecule has 5 rings (SSSR count). The number of fused-ring (bicyclic) bond motifs is 2. The summed E-state index contributed by atoms with van der Waals surface area (Å²) in [6.07, 6.45) is 7.74. The Hall–Kier alpha value is -3.92. The zero-order valence-electron chi connectivity index (χ0n) is 15.1. The third-order valence-electron chi connectivity index (χ3n) is 4.78. The molecule has 134 valence electrons. The van der Waals surface area contributed by atoms with E-state index >= 15 is 0 Å². The number of para-hydroxylation sites is 2. The van der Waals surface area contributed by atoms with Gasteiger partial charge in [0.05, 0.1) is 11.4 Å². The highest BCUT2D eigenvalue weighted by molar-refractivity contribution is 6.00. The van der Waals surface area contributed by atoms with Crippen molar-refractivity contribution in [2.24, 2.45) is 9.98 Å². The molecule has 0 bridgehead atoms. The van der Waals surface area contributed by atoms with Crippen molar-refractivity contribution in [1.29, 1.82) is 0 Å². The monoisotopic (exact) mass is 362 g/mol. The number of aliphatic imine (C=N–C) groups is 2. The van der Waals surface area contributed by atoms with Gasteiger partial charge in [-0.1, -0.05) is 42.5 Å². The number of H-pyrrole nitrogens is 2. The van der Waals surface area contributed by atoms with Crippen molar-refractivity contribution in [3.63, 3.8) is 0 Å². The first-order valence-corrected chi connectivity index (χ1v) is 9.17. The third kappa shape index (κ3) is 3.12. The van der Waals surface area contributed by atoms with E-state index in [-0.39, 0.29) is 0 Å². The normalized spacial score (nSPS) is 12.0. The van der Waals surface area contributed by atoms with Crippen LogP contribution in [-0.4, -0.2) is 22.4 Å². The van der Waals surface area contributed by atoms with Crippen molar-refractivity contribution in [2.45, 2.75) is 0 Å². The Morgan fingerprint density at radius 2 is 1.07 bits per heavy atom. The van der Waals surface area contributed by atoms with Crippen LogP contribution in [0.2, 0.25) is 0 Å². The lowest BCUT2D eigenvalue weighted by atomic mass is 10.2. The van der Waals surface area contributed by atoms with Crippen molar-refractivity contribution < 1.29 is 0 Å². The molecule has 0 unspecified atom stereocenters. The van der Waals surface area contributed by atoms with Gasteiger partial charge < -0.3 is 9.97 Å². The fourth-order valence-electron chi connectivity index (χ4n) is 3.34. The number of rotatable bonds is 4. The molecule has 0 saturated carbocycles. The molecule has 0 fully saturated rings. The van der Waals surface area contributed by atoms with Crippen LogP contribution in [0.5, 0.6) is 0 Å². The molecule has 2 aromatic heterocycles. The summed E-state index contributed by atoms with van der Waals surface area (Å²) in [6, 6.07) is 24.3. The van der Waals surface area contributed by atoms with E-state index in [9.17, 15) is 0 Å². The van der Waals surface area contributed by atoms with Gasteiger partial charge in [0, 0.05) is 57.8 Å². The predicted molar refractivity (Wildman–Crippen MR) is 118 cm³/mol. The molecule has 5 aromatic rings. The fourth-order valence-corrected chi connectivity index (χ4v) is 3.34. The van der Waals surface area contributed by atoms with Gasteiger partial charge in [0.1, 0.15) is 0 Å². The molecule has 0 aliphatic heterocycles. The summed E-state index contributed by atoms with van der Waals surface area (Å²) in [5.41, 5.74) is 6.12. The molecule has 4 heteroatoms. The first-order chi connectivity index (χ1) is 13.9. The van der Waals surface area contributed by atoms with Crippen molar-refractivity contribution in [1.82, 2.24) is 9.97 Å². The standard InChI is InChI=1S/C24H18N4/c1-3-10-23-21(8-1)17(15-27-23)13-25-19-6-5-7-20(12-19)26-14-18-16-28-24-11-4-2-9-22(18)24/h1-16,27-28H. The molecule has 3 aromatic carbocycles. The van der Waals surface area contributed by atoms with Gasteiger partial charge in [0.2, 0.25) is 0 Å². The molecule has 2 N–H and O–H groups in total. The fraction of sp³-hybridized carbons (Fsp3) is 0. The number of aromatic amines is 2. The van der Waals surface area contributed by atoms with Crippen LogP contribution < -0.4 is 0 Å². The van der Waals surface area contributed by atoms with Crippen LogP contribution in [0.4, 0.5) is 11.4 Å². The summed E-state index contributed by atoms with van der Waals surface area (Å²) in [7, 11) is 0. The summed E-state index contributed by atoms with van der Waals surface area (Å²) < 4.78 is 0. The molecule has 0 spiro atoms. The second-order valence-corrected chi connectivity index (χ2v) is 6.62. The van der Waals surface area contributed by atoms with Gasteiger partial charge in [-0.2, -0.15) is 0 Å². The molecule has 2 heterocycles. The molecule has 0 amide bonds. The predicted octanol–water partition coefficient (Wildman–Crippen LogP) is 6.15. The number of nitrogens with one attached hydrogen (secondary N) is 2. The van der Waals surface area contributed by atoms with E-state index in [1.165, 1.54) is 10.8 Å². The van der Waals surface area contributed by atoms with Gasteiger partial charge in [-0.3, -0.25) is 9.98 Å². The quantitative estimate of drug-likeness (QED) is 0.360. The highest BCUT2D eigenvalue weighted by atomic mass is 14.8. The minimum absolute atomic E-state index is 0.874. The molecule has 0 aliphatic rings. The average molecular weight is 362 g/mol. The SMILES string of the molecule is C(=Nc1cccc(N=Cc2c[nH]c3ccccc23)c1)c1c[nH]c2ccccc12. The van der Waals surface area contributed by atoms with Crippen LogP contribution in [0, 0.1) is 0 Å². The third-order valence-corrected chi connectivity index (χ3v) is 4.78. The lowest BCUT2D eigenvalue weighted by Gasteiger charge is -1.97. The largest absolute Gasteiger partial charge is 0.361 e. The maximum absolute atomic E-state index is 4.63. The number of hydrogen-bond donors (Lipinski definition) is 2. The minimum atomic E-state index is 0.874. The second kappa shape index (κ2) is 7.00. The lowest BCUT2D eigenvalue weighted by molar-refractivity contribution is 1.45. The summed E-state index contributed by atoms with van der Waals surface area (Å²) >= 11 is 0. The van der Waals surface area contributed by atoms with Crippen LogP contribution in [0.15, 0.2) is 95.2 Å². The van der Waals surface area contributed by atoms with Gasteiger partial charge in [0.15, 0.2) is 0 Å². The van der Waals surface area contributed by atoms with Crippen molar-refractivity contribution >= 4 is 45.6 Å². The van der Waals surface area contributed by atoms with E-state index in [0.29, 0.717) is 0 Å². The first-order valence-electron chi connectivity index (χ1n) is 9.17. The van der Waals surface area contributed by atoms with Crippen molar-refractivity contribution in [2.75, 3.05) is 0 Å². The Morgan fingerprint density at radius 1 is 0.571 bits per heavy atom. The summed E-state index contributed by atoms with van der Waals surface area (Å²) in [5, 5.41) is 2.33. The molecular weight excluding hydrogens is 344 g/mol. The Bertz CT molecular complexity index is 1220. The topological polar surface area (TPSA) is 56.3 Å². The number of benzene rings is 3. The number of nitrogens with zero attached hydrogens (tertiary/aromatic N) is 2. The minimum Gasteiger partial charge on any atom is -0.361 e. The molecule has 0 aliphatic carbocycles. The highest BCUT2D eigenvalue weighted by Crippen LogP contribution is 2.23. The molecule has 0 radical (unpaired) electrons. The van der Waals surface area contributed by atoms with Crippen LogP contribution in [-0.2, 0) is 0 Å². The number of hydrogen-bond acceptors (Lipinski definition) is 2.